The third-order valence-corrected chi connectivity index (χ3v) is 8.20. The Hall–Kier alpha value is -1.38. The second-order valence-corrected chi connectivity index (χ2v) is 10.3. The molecule has 1 atom stereocenters. The second-order valence-electron chi connectivity index (χ2n) is 6.32. The molecule has 1 saturated heterocycles. The minimum absolute atomic E-state index is 0.0163. The van der Waals surface area contributed by atoms with Gasteiger partial charge in [-0.3, -0.25) is 0 Å². The van der Waals surface area contributed by atoms with E-state index in [-0.39, 0.29) is 35.1 Å². The molecule has 134 valence electrons. The predicted octanol–water partition coefficient (Wildman–Crippen LogP) is 1.76. The maximum atomic E-state index is 13.3. The first-order valence-corrected chi connectivity index (χ1v) is 10.8. The Labute approximate surface area is 144 Å². The molecule has 0 spiro atoms. The maximum absolute atomic E-state index is 13.3. The van der Waals surface area contributed by atoms with Crippen LogP contribution in [-0.2, 0) is 19.9 Å². The van der Waals surface area contributed by atoms with Crippen molar-refractivity contribution in [2.75, 3.05) is 25.2 Å². The summed E-state index contributed by atoms with van der Waals surface area (Å²) < 4.78 is 56.8. The Kier molecular flexibility index (Phi) is 5.13. The summed E-state index contributed by atoms with van der Waals surface area (Å²) in [7, 11) is -5.80. The van der Waals surface area contributed by atoms with Crippen molar-refractivity contribution in [3.05, 3.63) is 36.4 Å². The molecule has 24 heavy (non-hydrogen) atoms. The minimum Gasteiger partial charge on any atom is -0.495 e. The van der Waals surface area contributed by atoms with Gasteiger partial charge in [0.1, 0.15) is 10.6 Å². The normalized spacial score (nSPS) is 23.3. The fourth-order valence-electron chi connectivity index (χ4n) is 3.02. The predicted molar refractivity (Wildman–Crippen MR) is 93.5 cm³/mol. The highest BCUT2D eigenvalue weighted by atomic mass is 32.2. The lowest BCUT2D eigenvalue weighted by Crippen LogP contribution is -2.50. The van der Waals surface area contributed by atoms with E-state index in [1.165, 1.54) is 23.6 Å². The first-order chi connectivity index (χ1) is 11.1. The van der Waals surface area contributed by atoms with Gasteiger partial charge in [-0.2, -0.15) is 4.31 Å². The van der Waals surface area contributed by atoms with Crippen LogP contribution in [0.5, 0.6) is 5.75 Å². The van der Waals surface area contributed by atoms with E-state index >= 15 is 0 Å². The zero-order valence-corrected chi connectivity index (χ0v) is 15.8. The van der Waals surface area contributed by atoms with Crippen molar-refractivity contribution in [3.8, 4) is 5.75 Å². The molecule has 0 bridgehead atoms. The van der Waals surface area contributed by atoms with Crippen molar-refractivity contribution in [3.63, 3.8) is 0 Å². The van der Waals surface area contributed by atoms with Gasteiger partial charge < -0.3 is 4.74 Å². The number of sulfonamides is 1. The van der Waals surface area contributed by atoms with Gasteiger partial charge in [-0.05, 0) is 38.0 Å². The molecule has 6 nitrogen and oxygen atoms in total. The molecule has 0 N–H and O–H groups in total. The van der Waals surface area contributed by atoms with Crippen LogP contribution in [-0.4, -0.2) is 51.8 Å². The summed E-state index contributed by atoms with van der Waals surface area (Å²) >= 11 is 0. The molecule has 1 aromatic rings. The lowest BCUT2D eigenvalue weighted by Gasteiger charge is -2.36. The monoisotopic (exact) mass is 373 g/mol. The van der Waals surface area contributed by atoms with E-state index < -0.39 is 25.4 Å². The lowest BCUT2D eigenvalue weighted by molar-refractivity contribution is 0.251. The Morgan fingerprint density at radius 2 is 2.08 bits per heavy atom. The summed E-state index contributed by atoms with van der Waals surface area (Å²) in [5, 5.41) is 0. The molecule has 1 fully saturated rings. The van der Waals surface area contributed by atoms with Gasteiger partial charge in [0, 0.05) is 12.1 Å². The number of rotatable bonds is 6. The summed E-state index contributed by atoms with van der Waals surface area (Å²) in [4.78, 5) is 0.0392. The number of benzene rings is 1. The lowest BCUT2D eigenvalue weighted by atomic mass is 10.0. The van der Waals surface area contributed by atoms with Gasteiger partial charge in [0.05, 0.1) is 18.6 Å². The molecule has 1 heterocycles. The van der Waals surface area contributed by atoms with Crippen LogP contribution < -0.4 is 4.74 Å². The van der Waals surface area contributed by atoms with Gasteiger partial charge in [-0.15, -0.1) is 6.58 Å². The fourth-order valence-corrected chi connectivity index (χ4v) is 7.26. The minimum atomic E-state index is -3.95. The summed E-state index contributed by atoms with van der Waals surface area (Å²) in [5.74, 6) is 0.0258. The van der Waals surface area contributed by atoms with E-state index in [1.54, 1.807) is 26.0 Å². The molecule has 0 aromatic heterocycles. The van der Waals surface area contributed by atoms with Crippen LogP contribution in [0.2, 0.25) is 0 Å². The van der Waals surface area contributed by atoms with E-state index in [4.69, 9.17) is 4.74 Å². The summed E-state index contributed by atoms with van der Waals surface area (Å²) in [6, 6.07) is 4.90. The van der Waals surface area contributed by atoms with Gasteiger partial charge in [0.25, 0.3) is 0 Å². The molecule has 1 aliphatic rings. The van der Waals surface area contributed by atoms with Crippen LogP contribution in [0.3, 0.4) is 0 Å². The van der Waals surface area contributed by atoms with E-state index in [9.17, 15) is 16.8 Å². The molecule has 1 aliphatic heterocycles. The second kappa shape index (κ2) is 6.50. The zero-order valence-electron chi connectivity index (χ0n) is 14.1. The highest BCUT2D eigenvalue weighted by molar-refractivity contribution is 7.92. The summed E-state index contributed by atoms with van der Waals surface area (Å²) in [6.45, 7) is 7.11. The van der Waals surface area contributed by atoms with Crippen LogP contribution in [0.4, 0.5) is 0 Å². The highest BCUT2D eigenvalue weighted by Gasteiger charge is 2.48. The van der Waals surface area contributed by atoms with Crippen LogP contribution >= 0.6 is 0 Å². The average molecular weight is 373 g/mol. The number of hydrogen-bond donors (Lipinski definition) is 0. The van der Waals surface area contributed by atoms with Gasteiger partial charge in [0.15, 0.2) is 9.84 Å². The number of nitrogens with zero attached hydrogens (tertiary/aromatic N) is 1. The number of hydrogen-bond acceptors (Lipinski definition) is 5. The molecular weight excluding hydrogens is 350 g/mol. The number of sulfone groups is 1. The van der Waals surface area contributed by atoms with Gasteiger partial charge in [0.2, 0.25) is 10.0 Å². The van der Waals surface area contributed by atoms with Crippen molar-refractivity contribution in [2.45, 2.75) is 30.7 Å². The number of ether oxygens (including phenoxy) is 1. The first kappa shape index (κ1) is 19.0. The third kappa shape index (κ3) is 3.50. The molecule has 0 aliphatic carbocycles. The Morgan fingerprint density at radius 3 is 2.58 bits per heavy atom. The van der Waals surface area contributed by atoms with Crippen molar-refractivity contribution in [2.24, 2.45) is 0 Å². The molecule has 0 unspecified atom stereocenters. The fraction of sp³-hybridized carbons (Fsp3) is 0.500. The first-order valence-electron chi connectivity index (χ1n) is 7.54. The summed E-state index contributed by atoms with van der Waals surface area (Å²) in [6.07, 6.45) is 1.73. The van der Waals surface area contributed by atoms with Gasteiger partial charge in [-0.1, -0.05) is 12.1 Å². The largest absolute Gasteiger partial charge is 0.495 e. The van der Waals surface area contributed by atoms with Gasteiger partial charge in [-0.25, -0.2) is 16.8 Å². The Bertz CT molecular complexity index is 845. The van der Waals surface area contributed by atoms with E-state index in [1.807, 2.05) is 0 Å². The van der Waals surface area contributed by atoms with Crippen molar-refractivity contribution in [1.82, 2.24) is 4.31 Å². The molecule has 0 amide bonds. The van der Waals surface area contributed by atoms with Crippen LogP contribution in [0.25, 0.3) is 0 Å². The number of aryl methyl sites for hydroxylation is 1. The van der Waals surface area contributed by atoms with Crippen molar-refractivity contribution < 1.29 is 21.6 Å². The SMILES string of the molecule is C=CCN([C@@]1(C)CCS(=O)(=O)C1)S(=O)(=O)c1cc(C)ccc1OC. The highest BCUT2D eigenvalue weighted by Crippen LogP contribution is 2.36. The molecule has 2 rings (SSSR count). The standard InChI is InChI=1S/C16H23NO5S2/c1-5-9-17(16(3)8-10-23(18,19)12-16)24(20,21)15-11-13(2)6-7-14(15)22-4/h5-7,11H,1,8-10,12H2,2-4H3/t16-/m0/s1. The van der Waals surface area contributed by atoms with E-state index in [0.717, 1.165) is 5.56 Å². The van der Waals surface area contributed by atoms with Crippen molar-refractivity contribution >= 4 is 19.9 Å². The van der Waals surface area contributed by atoms with Crippen LogP contribution in [0.15, 0.2) is 35.7 Å². The van der Waals surface area contributed by atoms with E-state index in [2.05, 4.69) is 6.58 Å². The smallest absolute Gasteiger partial charge is 0.247 e. The molecule has 0 radical (unpaired) electrons. The number of methoxy groups -OCH3 is 1. The van der Waals surface area contributed by atoms with Crippen molar-refractivity contribution in [1.29, 1.82) is 0 Å². The molecule has 0 saturated carbocycles. The Morgan fingerprint density at radius 1 is 1.42 bits per heavy atom. The third-order valence-electron chi connectivity index (χ3n) is 4.27. The quantitative estimate of drug-likeness (QED) is 0.710. The van der Waals surface area contributed by atoms with Gasteiger partial charge >= 0.3 is 0 Å². The van der Waals surface area contributed by atoms with Crippen LogP contribution in [0, 0.1) is 6.92 Å². The molecular formula is C16H23NO5S2. The Balaban J connectivity index is 2.59. The van der Waals surface area contributed by atoms with E-state index in [0.29, 0.717) is 0 Å². The summed E-state index contributed by atoms with van der Waals surface area (Å²) in [5.41, 5.74) is -0.224. The maximum Gasteiger partial charge on any atom is 0.247 e. The van der Waals surface area contributed by atoms with Crippen LogP contribution in [0.1, 0.15) is 18.9 Å². The topological polar surface area (TPSA) is 80.8 Å². The molecule has 8 heteroatoms. The average Bonchev–Trinajstić information content (AvgIpc) is 2.78. The molecule has 1 aromatic carbocycles. The zero-order chi connectivity index (χ0) is 18.2.